The summed E-state index contributed by atoms with van der Waals surface area (Å²) in [4.78, 5) is 15.3. The van der Waals surface area contributed by atoms with Crippen LogP contribution in [0.15, 0.2) is 54.1 Å². The molecular weight excluding hydrogens is 290 g/mol. The molecule has 0 bridgehead atoms. The van der Waals surface area contributed by atoms with Gasteiger partial charge >= 0.3 is 5.97 Å². The molecule has 0 atom stereocenters. The lowest BCUT2D eigenvalue weighted by atomic mass is 10.1. The van der Waals surface area contributed by atoms with Gasteiger partial charge in [0.05, 0.1) is 12.1 Å². The van der Waals surface area contributed by atoms with Crippen molar-refractivity contribution in [2.75, 3.05) is 0 Å². The molecule has 0 amide bonds. The molecule has 2 rings (SSSR count). The lowest BCUT2D eigenvalue weighted by Gasteiger charge is -2.05. The van der Waals surface area contributed by atoms with Crippen LogP contribution in [0.2, 0.25) is 0 Å². The molecule has 0 saturated carbocycles. The van der Waals surface area contributed by atoms with Crippen molar-refractivity contribution in [2.24, 2.45) is 0 Å². The topological polar surface area (TPSA) is 78.2 Å². The van der Waals surface area contributed by atoms with Gasteiger partial charge < -0.3 is 4.74 Å². The predicted octanol–water partition coefficient (Wildman–Crippen LogP) is 3.89. The summed E-state index contributed by atoms with van der Waals surface area (Å²) in [5.74, 6) is -0.253. The molecule has 0 radical (unpaired) electrons. The maximum absolute atomic E-state index is 12.0. The fraction of sp³-hybridized carbons (Fsp3) is 0. The molecule has 23 heavy (non-hydrogen) atoms. The number of rotatable bonds is 3. The first-order chi connectivity index (χ1) is 11.2. The number of allylic oxidation sites excluding steroid dienone is 1. The monoisotopic (exact) mass is 299 g/mol. The number of carbonyl (C=O) groups excluding carboxylic acids is 1. The summed E-state index contributed by atoms with van der Waals surface area (Å²) in [5.41, 5.74) is 1.31. The number of nitrogens with zero attached hydrogens (tertiary/aromatic N) is 3. The van der Waals surface area contributed by atoms with Crippen molar-refractivity contribution >= 4 is 17.7 Å². The van der Waals surface area contributed by atoms with Crippen molar-refractivity contribution in [3.8, 4) is 17.9 Å². The van der Waals surface area contributed by atoms with E-state index in [1.165, 1.54) is 30.3 Å². The van der Waals surface area contributed by atoms with Crippen LogP contribution in [0.1, 0.15) is 15.9 Å². The third kappa shape index (κ3) is 4.04. The Labute approximate surface area is 133 Å². The minimum atomic E-state index is -0.552. The van der Waals surface area contributed by atoms with Gasteiger partial charge in [-0.1, -0.05) is 36.4 Å². The lowest BCUT2D eigenvalue weighted by Crippen LogP contribution is -2.08. The summed E-state index contributed by atoms with van der Waals surface area (Å²) in [6.07, 6.45) is 1.40. The fourth-order valence-electron chi connectivity index (χ4n) is 1.76. The molecule has 0 aromatic heterocycles. The Morgan fingerprint density at radius 1 is 1.13 bits per heavy atom. The minimum Gasteiger partial charge on any atom is -0.423 e. The molecule has 2 aromatic carbocycles. The van der Waals surface area contributed by atoms with E-state index in [2.05, 4.69) is 4.85 Å². The molecule has 0 saturated heterocycles. The second-order valence-electron chi connectivity index (χ2n) is 4.40. The van der Waals surface area contributed by atoms with Crippen LogP contribution in [0, 0.1) is 29.2 Å². The van der Waals surface area contributed by atoms with E-state index < -0.39 is 5.97 Å². The number of nitriles is 2. The number of ether oxygens (including phenoxy) is 1. The third-order valence-corrected chi connectivity index (χ3v) is 2.85. The quantitative estimate of drug-likeness (QED) is 0.373. The second kappa shape index (κ2) is 7.22. The predicted molar refractivity (Wildman–Crippen MR) is 83.3 cm³/mol. The Morgan fingerprint density at radius 2 is 1.83 bits per heavy atom. The summed E-state index contributed by atoms with van der Waals surface area (Å²) < 4.78 is 5.25. The van der Waals surface area contributed by atoms with Gasteiger partial charge in [0.15, 0.2) is 5.69 Å². The van der Waals surface area contributed by atoms with E-state index in [0.29, 0.717) is 22.6 Å². The maximum Gasteiger partial charge on any atom is 0.343 e. The third-order valence-electron chi connectivity index (χ3n) is 2.85. The minimum absolute atomic E-state index is 0.0387. The molecule has 5 heteroatoms. The van der Waals surface area contributed by atoms with Crippen molar-refractivity contribution < 1.29 is 9.53 Å². The Kier molecular flexibility index (Phi) is 4.87. The van der Waals surface area contributed by atoms with Crippen LogP contribution in [-0.4, -0.2) is 5.97 Å². The molecule has 0 spiro atoms. The first-order valence-electron chi connectivity index (χ1n) is 6.48. The zero-order chi connectivity index (χ0) is 16.7. The van der Waals surface area contributed by atoms with Gasteiger partial charge in [-0.05, 0) is 23.8 Å². The van der Waals surface area contributed by atoms with Crippen LogP contribution in [0.5, 0.6) is 5.75 Å². The van der Waals surface area contributed by atoms with Gasteiger partial charge in [-0.2, -0.15) is 10.5 Å². The summed E-state index contributed by atoms with van der Waals surface area (Å²) in [7, 11) is 0. The zero-order valence-electron chi connectivity index (χ0n) is 11.9. The highest BCUT2D eigenvalue weighted by Crippen LogP contribution is 2.18. The molecule has 2 aromatic rings. The summed E-state index contributed by atoms with van der Waals surface area (Å²) in [5, 5.41) is 17.5. The van der Waals surface area contributed by atoms with Crippen molar-refractivity contribution in [1.82, 2.24) is 0 Å². The molecule has 0 aliphatic rings. The zero-order valence-corrected chi connectivity index (χ0v) is 11.9. The molecule has 5 nitrogen and oxygen atoms in total. The number of carbonyl (C=O) groups is 1. The van der Waals surface area contributed by atoms with Crippen LogP contribution < -0.4 is 4.74 Å². The number of hydrogen-bond acceptors (Lipinski definition) is 4. The Bertz CT molecular complexity index is 876. The van der Waals surface area contributed by atoms with Crippen LogP contribution >= 0.6 is 0 Å². The Morgan fingerprint density at radius 3 is 2.43 bits per heavy atom. The summed E-state index contributed by atoms with van der Waals surface area (Å²) in [6, 6.07) is 16.1. The number of esters is 1. The SMILES string of the molecule is [C-]#[N+]c1ccc(C(=O)Oc2cccc(C=C(C#N)C#N)c2)cc1. The highest BCUT2D eigenvalue weighted by atomic mass is 16.5. The van der Waals surface area contributed by atoms with Gasteiger partial charge in [-0.25, -0.2) is 9.64 Å². The van der Waals surface area contributed by atoms with E-state index in [0.717, 1.165) is 0 Å². The van der Waals surface area contributed by atoms with E-state index in [1.807, 2.05) is 0 Å². The standard InChI is InChI=1S/C18H9N3O2/c1-21-16-7-5-15(6-8-16)18(22)23-17-4-2-3-13(10-17)9-14(11-19)12-20/h2-10H. The van der Waals surface area contributed by atoms with Gasteiger partial charge in [0, 0.05) is 0 Å². The molecule has 0 fully saturated rings. The van der Waals surface area contributed by atoms with Crippen LogP contribution in [0.3, 0.4) is 0 Å². The van der Waals surface area contributed by atoms with E-state index in [4.69, 9.17) is 21.8 Å². The molecule has 0 unspecified atom stereocenters. The molecule has 108 valence electrons. The first-order valence-corrected chi connectivity index (χ1v) is 6.48. The Hall–Kier alpha value is -3.88. The molecule has 0 N–H and O–H groups in total. The van der Waals surface area contributed by atoms with Gasteiger partial charge in [-0.3, -0.25) is 0 Å². The van der Waals surface area contributed by atoms with Gasteiger partial charge in [0.2, 0.25) is 0 Å². The molecule has 0 heterocycles. The smallest absolute Gasteiger partial charge is 0.343 e. The first kappa shape index (κ1) is 15.5. The number of benzene rings is 2. The van der Waals surface area contributed by atoms with Gasteiger partial charge in [-0.15, -0.1) is 0 Å². The second-order valence-corrected chi connectivity index (χ2v) is 4.40. The normalized spacial score (nSPS) is 8.91. The lowest BCUT2D eigenvalue weighted by molar-refractivity contribution is 0.0735. The van der Waals surface area contributed by atoms with Crippen LogP contribution in [-0.2, 0) is 0 Å². The average molecular weight is 299 g/mol. The largest absolute Gasteiger partial charge is 0.423 e. The fourth-order valence-corrected chi connectivity index (χ4v) is 1.76. The van der Waals surface area contributed by atoms with Crippen molar-refractivity contribution in [2.45, 2.75) is 0 Å². The summed E-state index contributed by atoms with van der Waals surface area (Å²) in [6.45, 7) is 6.87. The molecule has 0 aliphatic carbocycles. The van der Waals surface area contributed by atoms with Crippen molar-refractivity contribution in [1.29, 1.82) is 10.5 Å². The maximum atomic E-state index is 12.0. The number of hydrogen-bond donors (Lipinski definition) is 0. The Balaban J connectivity index is 2.19. The summed E-state index contributed by atoms with van der Waals surface area (Å²) >= 11 is 0. The average Bonchev–Trinajstić information content (AvgIpc) is 2.60. The van der Waals surface area contributed by atoms with Crippen molar-refractivity contribution in [3.63, 3.8) is 0 Å². The van der Waals surface area contributed by atoms with Crippen molar-refractivity contribution in [3.05, 3.63) is 76.6 Å². The van der Waals surface area contributed by atoms with Crippen LogP contribution in [0.25, 0.3) is 10.9 Å². The van der Waals surface area contributed by atoms with Crippen LogP contribution in [0.4, 0.5) is 5.69 Å². The van der Waals surface area contributed by atoms with E-state index in [9.17, 15) is 4.79 Å². The highest BCUT2D eigenvalue weighted by Gasteiger charge is 2.08. The van der Waals surface area contributed by atoms with Gasteiger partial charge in [0.25, 0.3) is 0 Å². The van der Waals surface area contributed by atoms with Gasteiger partial charge in [0.1, 0.15) is 23.5 Å². The van der Waals surface area contributed by atoms with E-state index in [1.54, 1.807) is 36.4 Å². The molecular formula is C18H9N3O2. The van der Waals surface area contributed by atoms with E-state index in [-0.39, 0.29) is 5.57 Å². The highest BCUT2D eigenvalue weighted by molar-refractivity contribution is 5.91. The van der Waals surface area contributed by atoms with E-state index >= 15 is 0 Å². The molecule has 0 aliphatic heterocycles.